The average molecular weight is 312 g/mol. The highest BCUT2D eigenvalue weighted by atomic mass is 16.5. The third-order valence-electron chi connectivity index (χ3n) is 3.52. The van der Waals surface area contributed by atoms with Crippen molar-refractivity contribution in [2.24, 2.45) is 5.92 Å². The summed E-state index contributed by atoms with van der Waals surface area (Å²) in [4.78, 5) is 24.9. The van der Waals surface area contributed by atoms with Gasteiger partial charge < -0.3 is 9.47 Å². The molecule has 120 valence electrons. The van der Waals surface area contributed by atoms with Crippen molar-refractivity contribution < 1.29 is 19.1 Å². The molecule has 0 fully saturated rings. The Hall–Kier alpha value is -2.62. The van der Waals surface area contributed by atoms with Gasteiger partial charge in [-0.05, 0) is 31.0 Å². The number of carbonyl (C=O) groups excluding carboxylic acids is 2. The molecule has 0 radical (unpaired) electrons. The first-order valence-corrected chi connectivity index (χ1v) is 7.54. The molecule has 4 nitrogen and oxygen atoms in total. The first kappa shape index (κ1) is 16.7. The zero-order chi connectivity index (χ0) is 16.7. The molecule has 2 aromatic rings. The summed E-state index contributed by atoms with van der Waals surface area (Å²) >= 11 is 0. The van der Waals surface area contributed by atoms with Gasteiger partial charge in [-0.25, -0.2) is 0 Å². The Morgan fingerprint density at radius 2 is 1.78 bits per heavy atom. The van der Waals surface area contributed by atoms with Gasteiger partial charge in [-0.2, -0.15) is 0 Å². The zero-order valence-corrected chi connectivity index (χ0v) is 13.3. The second-order valence-electron chi connectivity index (χ2n) is 5.09. The molecule has 0 aliphatic rings. The standard InChI is InChI=1S/C19H20O4/c1-3-23-19(21)17(18(20)15-9-5-4-6-10-15)13-14-8-7-11-16(12-14)22-2/h4-12,17H,3,13H2,1-2H3/t17-/m1/s1. The molecule has 23 heavy (non-hydrogen) atoms. The van der Waals surface area contributed by atoms with Crippen LogP contribution in [0.25, 0.3) is 0 Å². The summed E-state index contributed by atoms with van der Waals surface area (Å²) in [7, 11) is 1.58. The first-order valence-electron chi connectivity index (χ1n) is 7.54. The lowest BCUT2D eigenvalue weighted by Crippen LogP contribution is -2.28. The molecule has 0 N–H and O–H groups in total. The topological polar surface area (TPSA) is 52.6 Å². The summed E-state index contributed by atoms with van der Waals surface area (Å²) in [5.41, 5.74) is 1.36. The zero-order valence-electron chi connectivity index (χ0n) is 13.3. The summed E-state index contributed by atoms with van der Waals surface area (Å²) in [5.74, 6) is -0.891. The molecule has 0 aliphatic carbocycles. The van der Waals surface area contributed by atoms with Crippen molar-refractivity contribution in [1.29, 1.82) is 0 Å². The van der Waals surface area contributed by atoms with E-state index in [1.807, 2.05) is 30.3 Å². The fourth-order valence-electron chi connectivity index (χ4n) is 2.36. The highest BCUT2D eigenvalue weighted by molar-refractivity contribution is 6.08. The Balaban J connectivity index is 2.27. The first-order chi connectivity index (χ1) is 11.2. The third kappa shape index (κ3) is 4.42. The van der Waals surface area contributed by atoms with Crippen molar-refractivity contribution in [2.75, 3.05) is 13.7 Å². The van der Waals surface area contributed by atoms with Crippen LogP contribution in [0.15, 0.2) is 54.6 Å². The lowest BCUT2D eigenvalue weighted by Gasteiger charge is -2.15. The van der Waals surface area contributed by atoms with Gasteiger partial charge in [0.05, 0.1) is 13.7 Å². The van der Waals surface area contributed by atoms with Gasteiger partial charge >= 0.3 is 5.97 Å². The molecule has 0 saturated carbocycles. The van der Waals surface area contributed by atoms with Gasteiger partial charge in [-0.3, -0.25) is 9.59 Å². The fraction of sp³-hybridized carbons (Fsp3) is 0.263. The highest BCUT2D eigenvalue weighted by Gasteiger charge is 2.29. The lowest BCUT2D eigenvalue weighted by atomic mass is 9.91. The van der Waals surface area contributed by atoms with Crippen molar-refractivity contribution in [1.82, 2.24) is 0 Å². The van der Waals surface area contributed by atoms with Crippen molar-refractivity contribution in [3.63, 3.8) is 0 Å². The van der Waals surface area contributed by atoms with Crippen LogP contribution in [0.1, 0.15) is 22.8 Å². The van der Waals surface area contributed by atoms with Crippen LogP contribution >= 0.6 is 0 Å². The van der Waals surface area contributed by atoms with E-state index in [4.69, 9.17) is 9.47 Å². The van der Waals surface area contributed by atoms with Crippen LogP contribution in [0.3, 0.4) is 0 Å². The quantitative estimate of drug-likeness (QED) is 0.447. The lowest BCUT2D eigenvalue weighted by molar-refractivity contribution is -0.146. The van der Waals surface area contributed by atoms with Gasteiger partial charge in [0, 0.05) is 5.56 Å². The maximum absolute atomic E-state index is 12.7. The number of rotatable bonds is 7. The van der Waals surface area contributed by atoms with E-state index in [0.717, 1.165) is 5.56 Å². The Labute approximate surface area is 136 Å². The van der Waals surface area contributed by atoms with E-state index in [0.29, 0.717) is 11.3 Å². The second-order valence-corrected chi connectivity index (χ2v) is 5.09. The number of esters is 1. The Morgan fingerprint density at radius 1 is 1.04 bits per heavy atom. The Morgan fingerprint density at radius 3 is 2.43 bits per heavy atom. The third-order valence-corrected chi connectivity index (χ3v) is 3.52. The minimum atomic E-state index is -0.857. The summed E-state index contributed by atoms with van der Waals surface area (Å²) in [6, 6.07) is 16.2. The molecule has 0 bridgehead atoms. The summed E-state index contributed by atoms with van der Waals surface area (Å²) in [5, 5.41) is 0. The van der Waals surface area contributed by atoms with Gasteiger partial charge in [-0.1, -0.05) is 42.5 Å². The maximum Gasteiger partial charge on any atom is 0.317 e. The SMILES string of the molecule is CCOC(=O)[C@H](Cc1cccc(OC)c1)C(=O)c1ccccc1. The van der Waals surface area contributed by atoms with E-state index < -0.39 is 11.9 Å². The van der Waals surface area contributed by atoms with Crippen molar-refractivity contribution in [3.8, 4) is 5.75 Å². The van der Waals surface area contributed by atoms with Crippen LogP contribution in [0, 0.1) is 5.92 Å². The van der Waals surface area contributed by atoms with E-state index >= 15 is 0 Å². The smallest absolute Gasteiger partial charge is 0.317 e. The molecule has 2 rings (SSSR count). The summed E-state index contributed by atoms with van der Waals surface area (Å²) in [6.07, 6.45) is 0.282. The van der Waals surface area contributed by atoms with Crippen LogP contribution in [0.2, 0.25) is 0 Å². The minimum absolute atomic E-state index is 0.230. The van der Waals surface area contributed by atoms with Gasteiger partial charge in [0.25, 0.3) is 0 Å². The minimum Gasteiger partial charge on any atom is -0.497 e. The number of ketones is 1. The molecule has 0 unspecified atom stereocenters. The number of methoxy groups -OCH3 is 1. The number of ether oxygens (including phenoxy) is 2. The van der Waals surface area contributed by atoms with E-state index in [9.17, 15) is 9.59 Å². The van der Waals surface area contributed by atoms with Crippen LogP contribution < -0.4 is 4.74 Å². The van der Waals surface area contributed by atoms with Gasteiger partial charge in [0.2, 0.25) is 0 Å². The number of carbonyl (C=O) groups is 2. The van der Waals surface area contributed by atoms with Gasteiger partial charge in [0.1, 0.15) is 11.7 Å². The Kier molecular flexibility index (Phi) is 5.92. The van der Waals surface area contributed by atoms with Crippen LogP contribution in [0.4, 0.5) is 0 Å². The summed E-state index contributed by atoms with van der Waals surface area (Å²) < 4.78 is 10.3. The molecule has 0 aliphatic heterocycles. The number of benzene rings is 2. The van der Waals surface area contributed by atoms with E-state index in [1.54, 1.807) is 38.3 Å². The van der Waals surface area contributed by atoms with E-state index in [1.165, 1.54) is 0 Å². The van der Waals surface area contributed by atoms with Gasteiger partial charge in [-0.15, -0.1) is 0 Å². The average Bonchev–Trinajstić information content (AvgIpc) is 2.60. The van der Waals surface area contributed by atoms with Crippen LogP contribution in [0.5, 0.6) is 5.75 Å². The number of hydrogen-bond acceptors (Lipinski definition) is 4. The molecule has 0 heterocycles. The monoisotopic (exact) mass is 312 g/mol. The molecular formula is C19H20O4. The molecule has 0 aromatic heterocycles. The maximum atomic E-state index is 12.7. The largest absolute Gasteiger partial charge is 0.497 e. The normalized spacial score (nSPS) is 11.6. The molecule has 2 aromatic carbocycles. The fourth-order valence-corrected chi connectivity index (χ4v) is 2.36. The molecule has 1 atom stereocenters. The van der Waals surface area contributed by atoms with E-state index in [2.05, 4.69) is 0 Å². The summed E-state index contributed by atoms with van der Waals surface area (Å²) in [6.45, 7) is 1.98. The van der Waals surface area contributed by atoms with Crippen molar-refractivity contribution >= 4 is 11.8 Å². The predicted octanol–water partition coefficient (Wildman–Crippen LogP) is 3.30. The molecule has 0 spiro atoms. The molecule has 0 amide bonds. The highest BCUT2D eigenvalue weighted by Crippen LogP contribution is 2.20. The van der Waals surface area contributed by atoms with Crippen molar-refractivity contribution in [2.45, 2.75) is 13.3 Å². The van der Waals surface area contributed by atoms with Crippen LogP contribution in [-0.4, -0.2) is 25.5 Å². The number of Topliss-reactive ketones (excluding diaryl/α,β-unsaturated/α-hetero) is 1. The second kappa shape index (κ2) is 8.13. The molecular weight excluding hydrogens is 292 g/mol. The van der Waals surface area contributed by atoms with Gasteiger partial charge in [0.15, 0.2) is 5.78 Å². The molecule has 0 saturated heterocycles. The number of hydrogen-bond donors (Lipinski definition) is 0. The predicted molar refractivity (Wildman–Crippen MR) is 87.6 cm³/mol. The van der Waals surface area contributed by atoms with Crippen molar-refractivity contribution in [3.05, 3.63) is 65.7 Å². The molecule has 4 heteroatoms. The van der Waals surface area contributed by atoms with E-state index in [-0.39, 0.29) is 18.8 Å². The van der Waals surface area contributed by atoms with Crippen LogP contribution in [-0.2, 0) is 16.0 Å². The Bertz CT molecular complexity index is 664.